The number of nitrogens with zero attached hydrogens (tertiary/aromatic N) is 1. The van der Waals surface area contributed by atoms with Crippen LogP contribution in [0.25, 0.3) is 11.0 Å². The van der Waals surface area contributed by atoms with Gasteiger partial charge in [0.25, 0.3) is 5.91 Å². The highest BCUT2D eigenvalue weighted by atomic mass is 16.2. The Balaban J connectivity index is 1.79. The van der Waals surface area contributed by atoms with Crippen molar-refractivity contribution in [2.75, 3.05) is 0 Å². The van der Waals surface area contributed by atoms with E-state index in [9.17, 15) is 4.79 Å². The normalized spacial score (nSPS) is 12.2. The molecule has 0 fully saturated rings. The first-order valence-corrected chi connectivity index (χ1v) is 6.54. The molecule has 0 spiro atoms. The highest BCUT2D eigenvalue weighted by Crippen LogP contribution is 2.13. The van der Waals surface area contributed by atoms with Crippen LogP contribution in [0.3, 0.4) is 0 Å². The lowest BCUT2D eigenvalue weighted by Gasteiger charge is -2.12. The number of imidazole rings is 1. The standard InChI is InChI=1S/C16H15N3O/c1-11(12-7-3-2-4-8-12)17-16(20)15-18-13-9-5-6-10-14(13)19-15/h2-11H,1H3,(H,17,20)(H,18,19)/t11-/m1/s1. The zero-order valence-corrected chi connectivity index (χ0v) is 11.1. The number of hydrogen-bond acceptors (Lipinski definition) is 2. The molecule has 1 amide bonds. The zero-order chi connectivity index (χ0) is 13.9. The minimum Gasteiger partial charge on any atom is -0.343 e. The van der Waals surface area contributed by atoms with Crippen LogP contribution in [0.15, 0.2) is 54.6 Å². The van der Waals surface area contributed by atoms with Crippen LogP contribution in [0, 0.1) is 0 Å². The van der Waals surface area contributed by atoms with Crippen molar-refractivity contribution in [3.8, 4) is 0 Å². The molecule has 0 bridgehead atoms. The van der Waals surface area contributed by atoms with E-state index >= 15 is 0 Å². The van der Waals surface area contributed by atoms with Crippen LogP contribution < -0.4 is 5.32 Å². The molecular formula is C16H15N3O. The van der Waals surface area contributed by atoms with Crippen molar-refractivity contribution in [2.45, 2.75) is 13.0 Å². The number of hydrogen-bond donors (Lipinski definition) is 2. The number of aromatic amines is 1. The van der Waals surface area contributed by atoms with E-state index in [1.54, 1.807) is 0 Å². The second kappa shape index (κ2) is 5.17. The van der Waals surface area contributed by atoms with Gasteiger partial charge in [0.1, 0.15) is 0 Å². The summed E-state index contributed by atoms with van der Waals surface area (Å²) in [6.45, 7) is 1.95. The Morgan fingerprint density at radius 3 is 2.55 bits per heavy atom. The smallest absolute Gasteiger partial charge is 0.287 e. The van der Waals surface area contributed by atoms with Gasteiger partial charge >= 0.3 is 0 Å². The van der Waals surface area contributed by atoms with Crippen molar-refractivity contribution in [3.05, 3.63) is 66.0 Å². The first kappa shape index (κ1) is 12.4. The molecular weight excluding hydrogens is 250 g/mol. The topological polar surface area (TPSA) is 57.8 Å². The molecule has 3 rings (SSSR count). The molecule has 0 aliphatic heterocycles. The number of H-pyrrole nitrogens is 1. The molecule has 2 aromatic carbocycles. The monoisotopic (exact) mass is 265 g/mol. The molecule has 2 N–H and O–H groups in total. The van der Waals surface area contributed by atoms with Crippen LogP contribution in [-0.2, 0) is 0 Å². The fraction of sp³-hybridized carbons (Fsp3) is 0.125. The van der Waals surface area contributed by atoms with Gasteiger partial charge in [0, 0.05) is 0 Å². The number of benzene rings is 2. The Morgan fingerprint density at radius 2 is 1.80 bits per heavy atom. The Bertz CT molecular complexity index is 701. The molecule has 0 aliphatic carbocycles. The van der Waals surface area contributed by atoms with E-state index in [-0.39, 0.29) is 11.9 Å². The Kier molecular flexibility index (Phi) is 3.21. The van der Waals surface area contributed by atoms with E-state index in [0.717, 1.165) is 16.6 Å². The largest absolute Gasteiger partial charge is 0.343 e. The lowest BCUT2D eigenvalue weighted by atomic mass is 10.1. The fourth-order valence-electron chi connectivity index (χ4n) is 2.15. The summed E-state index contributed by atoms with van der Waals surface area (Å²) in [5.41, 5.74) is 2.73. The second-order valence-electron chi connectivity index (χ2n) is 4.71. The summed E-state index contributed by atoms with van der Waals surface area (Å²) >= 11 is 0. The van der Waals surface area contributed by atoms with Gasteiger partial charge in [-0.1, -0.05) is 42.5 Å². The Labute approximate surface area is 116 Å². The molecule has 1 aromatic heterocycles. The molecule has 0 radical (unpaired) electrons. The molecule has 0 unspecified atom stereocenters. The van der Waals surface area contributed by atoms with Gasteiger partial charge < -0.3 is 10.3 Å². The van der Waals surface area contributed by atoms with Crippen molar-refractivity contribution < 1.29 is 4.79 Å². The van der Waals surface area contributed by atoms with Crippen molar-refractivity contribution in [1.82, 2.24) is 15.3 Å². The molecule has 20 heavy (non-hydrogen) atoms. The molecule has 0 saturated carbocycles. The lowest BCUT2D eigenvalue weighted by molar-refractivity contribution is 0.0930. The van der Waals surface area contributed by atoms with E-state index in [2.05, 4.69) is 15.3 Å². The average Bonchev–Trinajstić information content (AvgIpc) is 2.92. The number of rotatable bonds is 3. The lowest BCUT2D eigenvalue weighted by Crippen LogP contribution is -2.27. The molecule has 0 aliphatic rings. The number of aromatic nitrogens is 2. The van der Waals surface area contributed by atoms with Gasteiger partial charge in [-0.3, -0.25) is 4.79 Å². The predicted octanol–water partition coefficient (Wildman–Crippen LogP) is 3.05. The Morgan fingerprint density at radius 1 is 1.10 bits per heavy atom. The van der Waals surface area contributed by atoms with Crippen molar-refractivity contribution in [1.29, 1.82) is 0 Å². The highest BCUT2D eigenvalue weighted by Gasteiger charge is 2.14. The number of fused-ring (bicyclic) bond motifs is 1. The minimum absolute atomic E-state index is 0.0584. The minimum atomic E-state index is -0.197. The van der Waals surface area contributed by atoms with Crippen molar-refractivity contribution in [3.63, 3.8) is 0 Å². The zero-order valence-electron chi connectivity index (χ0n) is 11.1. The Hall–Kier alpha value is -2.62. The average molecular weight is 265 g/mol. The highest BCUT2D eigenvalue weighted by molar-refractivity contribution is 5.94. The van der Waals surface area contributed by atoms with Gasteiger partial charge in [0.15, 0.2) is 5.82 Å². The van der Waals surface area contributed by atoms with E-state index in [1.165, 1.54) is 0 Å². The third kappa shape index (κ3) is 2.40. The fourth-order valence-corrected chi connectivity index (χ4v) is 2.15. The van der Waals surface area contributed by atoms with Crippen LogP contribution in [0.2, 0.25) is 0 Å². The van der Waals surface area contributed by atoms with E-state index < -0.39 is 0 Å². The SMILES string of the molecule is C[C@@H](NC(=O)c1nc2ccccc2[nH]1)c1ccccc1. The summed E-state index contributed by atoms with van der Waals surface area (Å²) in [6, 6.07) is 17.4. The van der Waals surface area contributed by atoms with Crippen LogP contribution in [-0.4, -0.2) is 15.9 Å². The third-order valence-electron chi connectivity index (χ3n) is 3.25. The van der Waals surface area contributed by atoms with E-state index in [0.29, 0.717) is 5.82 Å². The molecule has 4 nitrogen and oxygen atoms in total. The number of carbonyl (C=O) groups is 1. The van der Waals surface area contributed by atoms with Crippen LogP contribution in [0.1, 0.15) is 29.1 Å². The molecule has 1 atom stereocenters. The van der Waals surface area contributed by atoms with Crippen molar-refractivity contribution in [2.24, 2.45) is 0 Å². The van der Waals surface area contributed by atoms with Gasteiger partial charge in [0.05, 0.1) is 17.1 Å². The molecule has 3 aromatic rings. The van der Waals surface area contributed by atoms with E-state index in [4.69, 9.17) is 0 Å². The van der Waals surface area contributed by atoms with Gasteiger partial charge in [-0.25, -0.2) is 4.98 Å². The number of nitrogens with one attached hydrogen (secondary N) is 2. The molecule has 0 saturated heterocycles. The summed E-state index contributed by atoms with van der Waals surface area (Å²) in [4.78, 5) is 19.5. The van der Waals surface area contributed by atoms with Crippen LogP contribution in [0.5, 0.6) is 0 Å². The molecule has 1 heterocycles. The maximum atomic E-state index is 12.2. The number of carbonyl (C=O) groups excluding carboxylic acids is 1. The summed E-state index contributed by atoms with van der Waals surface area (Å²) < 4.78 is 0. The summed E-state index contributed by atoms with van der Waals surface area (Å²) in [5.74, 6) is 0.145. The van der Waals surface area contributed by atoms with Crippen molar-refractivity contribution >= 4 is 16.9 Å². The second-order valence-corrected chi connectivity index (χ2v) is 4.71. The van der Waals surface area contributed by atoms with Gasteiger partial charge in [-0.2, -0.15) is 0 Å². The van der Waals surface area contributed by atoms with Gasteiger partial charge in [0.2, 0.25) is 0 Å². The number of para-hydroxylation sites is 2. The quantitative estimate of drug-likeness (QED) is 0.764. The predicted molar refractivity (Wildman–Crippen MR) is 78.4 cm³/mol. The molecule has 100 valence electrons. The first-order valence-electron chi connectivity index (χ1n) is 6.54. The van der Waals surface area contributed by atoms with Crippen LogP contribution in [0.4, 0.5) is 0 Å². The van der Waals surface area contributed by atoms with Gasteiger partial charge in [-0.05, 0) is 24.6 Å². The molecule has 4 heteroatoms. The summed E-state index contributed by atoms with van der Waals surface area (Å²) in [5, 5.41) is 2.94. The summed E-state index contributed by atoms with van der Waals surface area (Å²) in [7, 11) is 0. The maximum Gasteiger partial charge on any atom is 0.287 e. The van der Waals surface area contributed by atoms with Gasteiger partial charge in [-0.15, -0.1) is 0 Å². The number of amides is 1. The summed E-state index contributed by atoms with van der Waals surface area (Å²) in [6.07, 6.45) is 0. The maximum absolute atomic E-state index is 12.2. The van der Waals surface area contributed by atoms with Crippen LogP contribution >= 0.6 is 0 Å². The first-order chi connectivity index (χ1) is 9.74. The van der Waals surface area contributed by atoms with E-state index in [1.807, 2.05) is 61.5 Å². The third-order valence-corrected chi connectivity index (χ3v) is 3.25.